The smallest absolute Gasteiger partial charge is 0.0900 e. The molecule has 0 atom stereocenters. The molecule has 2 aromatic rings. The van der Waals surface area contributed by atoms with Gasteiger partial charge in [0.2, 0.25) is 0 Å². The molecule has 1 aromatic carbocycles. The van der Waals surface area contributed by atoms with Crippen LogP contribution in [0.1, 0.15) is 0 Å². The van der Waals surface area contributed by atoms with E-state index in [0.29, 0.717) is 11.4 Å². The number of hydrogen-bond donors (Lipinski definition) is 3. The summed E-state index contributed by atoms with van der Waals surface area (Å²) in [5.41, 5.74) is 13.5. The Labute approximate surface area is 63.2 Å². The number of hydrogen-bond acceptors (Lipinski definition) is 3. The van der Waals surface area contributed by atoms with Gasteiger partial charge in [-0.3, -0.25) is 5.10 Å². The van der Waals surface area contributed by atoms with Gasteiger partial charge in [-0.15, -0.1) is 0 Å². The van der Waals surface area contributed by atoms with E-state index in [1.54, 1.807) is 18.3 Å². The Morgan fingerprint density at radius 3 is 2.64 bits per heavy atom. The number of rotatable bonds is 0. The first-order valence-corrected chi connectivity index (χ1v) is 3.26. The molecule has 56 valence electrons. The molecule has 0 fully saturated rings. The number of nitrogens with two attached hydrogens (primary N) is 2. The number of H-pyrrole nitrogens is 1. The molecule has 0 amide bonds. The van der Waals surface area contributed by atoms with Crippen molar-refractivity contribution in [2.75, 3.05) is 11.5 Å². The molecule has 0 aliphatic heterocycles. The van der Waals surface area contributed by atoms with E-state index in [-0.39, 0.29) is 0 Å². The van der Waals surface area contributed by atoms with E-state index in [2.05, 4.69) is 10.2 Å². The first-order chi connectivity index (χ1) is 5.29. The fourth-order valence-electron chi connectivity index (χ4n) is 1.08. The molecule has 0 spiro atoms. The van der Waals surface area contributed by atoms with Crippen LogP contribution in [0.4, 0.5) is 11.4 Å². The van der Waals surface area contributed by atoms with Crippen molar-refractivity contribution in [3.8, 4) is 0 Å². The minimum absolute atomic E-state index is 0.673. The second kappa shape index (κ2) is 1.88. The Morgan fingerprint density at radius 2 is 1.91 bits per heavy atom. The maximum Gasteiger partial charge on any atom is 0.0900 e. The molecule has 0 aliphatic rings. The van der Waals surface area contributed by atoms with Gasteiger partial charge in [-0.2, -0.15) is 5.10 Å². The van der Waals surface area contributed by atoms with Crippen molar-refractivity contribution < 1.29 is 0 Å². The molecular formula is C7H8N4. The van der Waals surface area contributed by atoms with Crippen LogP contribution >= 0.6 is 0 Å². The van der Waals surface area contributed by atoms with E-state index in [9.17, 15) is 0 Å². The molecular weight excluding hydrogens is 140 g/mol. The number of nitrogens with zero attached hydrogens (tertiary/aromatic N) is 1. The lowest BCUT2D eigenvalue weighted by Gasteiger charge is -1.97. The largest absolute Gasteiger partial charge is 0.398 e. The van der Waals surface area contributed by atoms with E-state index in [1.807, 2.05) is 0 Å². The molecule has 1 heterocycles. The topological polar surface area (TPSA) is 80.7 Å². The summed E-state index contributed by atoms with van der Waals surface area (Å²) in [6.45, 7) is 0. The summed E-state index contributed by atoms with van der Waals surface area (Å²) in [4.78, 5) is 0. The zero-order chi connectivity index (χ0) is 7.84. The van der Waals surface area contributed by atoms with Crippen LogP contribution in [0.3, 0.4) is 0 Å². The maximum absolute atomic E-state index is 5.65. The lowest BCUT2D eigenvalue weighted by atomic mass is 10.2. The van der Waals surface area contributed by atoms with Gasteiger partial charge in [0.25, 0.3) is 0 Å². The minimum Gasteiger partial charge on any atom is -0.398 e. The molecule has 5 N–H and O–H groups in total. The van der Waals surface area contributed by atoms with Gasteiger partial charge in [0.15, 0.2) is 0 Å². The highest BCUT2D eigenvalue weighted by atomic mass is 15.1. The molecule has 0 aliphatic carbocycles. The van der Waals surface area contributed by atoms with Crippen molar-refractivity contribution >= 4 is 22.3 Å². The molecule has 0 bridgehead atoms. The van der Waals surface area contributed by atoms with Gasteiger partial charge in [0, 0.05) is 11.1 Å². The van der Waals surface area contributed by atoms with Crippen molar-refractivity contribution in [3.05, 3.63) is 18.3 Å². The van der Waals surface area contributed by atoms with Crippen LogP contribution in [0.15, 0.2) is 18.3 Å². The Kier molecular flexibility index (Phi) is 1.03. The molecule has 0 radical (unpaired) electrons. The lowest BCUT2D eigenvalue weighted by molar-refractivity contribution is 1.12. The molecule has 4 nitrogen and oxygen atoms in total. The van der Waals surface area contributed by atoms with Crippen LogP contribution in [-0.4, -0.2) is 10.2 Å². The predicted molar refractivity (Wildman–Crippen MR) is 44.9 cm³/mol. The van der Waals surface area contributed by atoms with Gasteiger partial charge in [-0.25, -0.2) is 0 Å². The van der Waals surface area contributed by atoms with E-state index >= 15 is 0 Å². The molecule has 0 unspecified atom stereocenters. The van der Waals surface area contributed by atoms with Gasteiger partial charge in [-0.05, 0) is 12.1 Å². The monoisotopic (exact) mass is 148 g/mol. The molecule has 11 heavy (non-hydrogen) atoms. The first-order valence-electron chi connectivity index (χ1n) is 3.26. The third-order valence-corrected chi connectivity index (χ3v) is 1.68. The normalized spacial score (nSPS) is 10.5. The van der Waals surface area contributed by atoms with Gasteiger partial charge in [-0.1, -0.05) is 0 Å². The number of fused-ring (bicyclic) bond motifs is 1. The molecule has 1 aromatic heterocycles. The summed E-state index contributed by atoms with van der Waals surface area (Å²) in [5.74, 6) is 0. The van der Waals surface area contributed by atoms with Crippen LogP contribution in [0, 0.1) is 0 Å². The van der Waals surface area contributed by atoms with E-state index in [0.717, 1.165) is 10.9 Å². The van der Waals surface area contributed by atoms with Crippen LogP contribution in [-0.2, 0) is 0 Å². The van der Waals surface area contributed by atoms with Crippen LogP contribution in [0.2, 0.25) is 0 Å². The first kappa shape index (κ1) is 6.03. The van der Waals surface area contributed by atoms with E-state index < -0.39 is 0 Å². The second-order valence-electron chi connectivity index (χ2n) is 2.40. The van der Waals surface area contributed by atoms with Crippen molar-refractivity contribution in [3.63, 3.8) is 0 Å². The van der Waals surface area contributed by atoms with Gasteiger partial charge in [0.05, 0.1) is 17.4 Å². The number of aromatic amines is 1. The Hall–Kier alpha value is -1.71. The summed E-state index contributed by atoms with van der Waals surface area (Å²) >= 11 is 0. The van der Waals surface area contributed by atoms with Gasteiger partial charge in [0.1, 0.15) is 0 Å². The van der Waals surface area contributed by atoms with Crippen molar-refractivity contribution in [1.29, 1.82) is 0 Å². The zero-order valence-electron chi connectivity index (χ0n) is 5.83. The molecule has 0 saturated heterocycles. The number of nitrogen functional groups attached to an aromatic ring is 2. The Balaban J connectivity index is 2.96. The average molecular weight is 148 g/mol. The van der Waals surface area contributed by atoms with Crippen LogP contribution < -0.4 is 11.5 Å². The fourth-order valence-corrected chi connectivity index (χ4v) is 1.08. The minimum atomic E-state index is 0.673. The summed E-state index contributed by atoms with van der Waals surface area (Å²) in [5, 5.41) is 7.49. The number of anilines is 2. The summed E-state index contributed by atoms with van der Waals surface area (Å²) in [6.07, 6.45) is 1.67. The number of benzene rings is 1. The quantitative estimate of drug-likeness (QED) is 0.482. The third kappa shape index (κ3) is 0.724. The highest BCUT2D eigenvalue weighted by Gasteiger charge is 2.01. The van der Waals surface area contributed by atoms with Crippen LogP contribution in [0.5, 0.6) is 0 Å². The summed E-state index contributed by atoms with van der Waals surface area (Å²) < 4.78 is 0. The average Bonchev–Trinajstić information content (AvgIpc) is 2.45. The lowest BCUT2D eigenvalue weighted by Crippen LogP contribution is -1.90. The zero-order valence-corrected chi connectivity index (χ0v) is 5.83. The van der Waals surface area contributed by atoms with E-state index in [1.165, 1.54) is 0 Å². The Bertz CT molecular complexity index is 354. The van der Waals surface area contributed by atoms with Gasteiger partial charge >= 0.3 is 0 Å². The van der Waals surface area contributed by atoms with Crippen LogP contribution in [0.25, 0.3) is 10.9 Å². The van der Waals surface area contributed by atoms with Gasteiger partial charge < -0.3 is 11.5 Å². The fraction of sp³-hybridized carbons (Fsp3) is 0. The number of aromatic nitrogens is 2. The summed E-state index contributed by atoms with van der Waals surface area (Å²) in [6, 6.07) is 3.53. The predicted octanol–water partition coefficient (Wildman–Crippen LogP) is 0.727. The van der Waals surface area contributed by atoms with Crippen molar-refractivity contribution in [2.45, 2.75) is 0 Å². The summed E-state index contributed by atoms with van der Waals surface area (Å²) in [7, 11) is 0. The third-order valence-electron chi connectivity index (χ3n) is 1.68. The standard InChI is InChI=1S/C7H8N4/c8-5-1-2-6(9)7-4(5)3-10-11-7/h1-3H,8-9H2,(H,10,11). The van der Waals surface area contributed by atoms with Crippen molar-refractivity contribution in [2.24, 2.45) is 0 Å². The van der Waals surface area contributed by atoms with Crippen molar-refractivity contribution in [1.82, 2.24) is 10.2 Å². The highest BCUT2D eigenvalue weighted by Crippen LogP contribution is 2.23. The molecule has 2 rings (SSSR count). The maximum atomic E-state index is 5.65. The Morgan fingerprint density at radius 1 is 1.18 bits per heavy atom. The second-order valence-corrected chi connectivity index (χ2v) is 2.40. The van der Waals surface area contributed by atoms with E-state index in [4.69, 9.17) is 11.5 Å². The molecule has 0 saturated carbocycles. The number of nitrogens with one attached hydrogen (secondary N) is 1. The SMILES string of the molecule is Nc1ccc(N)c2[nH]ncc12. The highest BCUT2D eigenvalue weighted by molar-refractivity contribution is 5.97. The molecule has 4 heteroatoms.